The summed E-state index contributed by atoms with van der Waals surface area (Å²) in [5, 5.41) is -0.174. The van der Waals surface area contributed by atoms with Crippen LogP contribution in [-0.2, 0) is 10.9 Å². The van der Waals surface area contributed by atoms with Crippen molar-refractivity contribution >= 4 is 17.7 Å². The van der Waals surface area contributed by atoms with Crippen LogP contribution < -0.4 is 4.74 Å². The molecule has 0 aliphatic carbocycles. The van der Waals surface area contributed by atoms with Crippen molar-refractivity contribution < 1.29 is 27.4 Å². The Balaban J connectivity index is 1.66. The first-order valence-corrected chi connectivity index (χ1v) is 9.22. The van der Waals surface area contributed by atoms with Gasteiger partial charge in [0.15, 0.2) is 0 Å². The van der Waals surface area contributed by atoms with E-state index in [0.29, 0.717) is 19.0 Å². The molecule has 0 aromatic carbocycles. The van der Waals surface area contributed by atoms with Gasteiger partial charge in [0.2, 0.25) is 5.88 Å². The quantitative estimate of drug-likeness (QED) is 0.688. The molecule has 2 aliphatic rings. The average Bonchev–Trinajstić information content (AvgIpc) is 2.78. The molecule has 2 bridgehead atoms. The van der Waals surface area contributed by atoms with Gasteiger partial charge >= 0.3 is 12.3 Å². The fourth-order valence-corrected chi connectivity index (χ4v) is 3.87. The van der Waals surface area contributed by atoms with Gasteiger partial charge in [0.05, 0.1) is 5.56 Å². The summed E-state index contributed by atoms with van der Waals surface area (Å²) in [6.45, 7) is 5.46. The first-order chi connectivity index (χ1) is 12.4. The van der Waals surface area contributed by atoms with Crippen molar-refractivity contribution in [3.63, 3.8) is 0 Å². The van der Waals surface area contributed by atoms with Crippen LogP contribution in [0.4, 0.5) is 18.0 Å². The molecule has 0 N–H and O–H groups in total. The number of nitrogens with zero attached hydrogens (tertiary/aromatic N) is 2. The van der Waals surface area contributed by atoms with E-state index in [0.717, 1.165) is 18.9 Å². The smallest absolute Gasteiger partial charge is 0.417 e. The summed E-state index contributed by atoms with van der Waals surface area (Å²) in [4.78, 5) is 18.0. The number of halogens is 4. The van der Waals surface area contributed by atoms with Crippen LogP contribution in [0.2, 0.25) is 5.02 Å². The summed E-state index contributed by atoms with van der Waals surface area (Å²) in [5.74, 6) is -0.0141. The average molecular weight is 407 g/mol. The molecule has 0 unspecified atom stereocenters. The van der Waals surface area contributed by atoms with Crippen LogP contribution >= 0.6 is 11.6 Å². The number of ether oxygens (including phenoxy) is 2. The molecule has 1 aromatic heterocycles. The SMILES string of the molecule is CC(C)(C)OC(=O)N1[C@@H]2CC[C@H]1C[C@@H](Oc1ncc(C(F)(F)F)cc1Cl)C2. The highest BCUT2D eigenvalue weighted by Crippen LogP contribution is 2.39. The van der Waals surface area contributed by atoms with E-state index in [1.54, 1.807) is 4.90 Å². The minimum absolute atomic E-state index is 0.0141. The molecule has 5 nitrogen and oxygen atoms in total. The van der Waals surface area contributed by atoms with E-state index in [2.05, 4.69) is 4.98 Å². The normalized spacial score (nSPS) is 25.4. The van der Waals surface area contributed by atoms with Crippen molar-refractivity contribution in [2.45, 2.75) is 76.4 Å². The van der Waals surface area contributed by atoms with E-state index in [1.165, 1.54) is 0 Å². The summed E-state index contributed by atoms with van der Waals surface area (Å²) < 4.78 is 49.4. The molecule has 1 amide bonds. The molecule has 27 heavy (non-hydrogen) atoms. The minimum atomic E-state index is -4.51. The summed E-state index contributed by atoms with van der Waals surface area (Å²) in [6.07, 6.45) is -1.57. The molecule has 1 aromatic rings. The molecule has 2 saturated heterocycles. The fraction of sp³-hybridized carbons (Fsp3) is 0.667. The summed E-state index contributed by atoms with van der Waals surface area (Å²) >= 11 is 5.92. The van der Waals surface area contributed by atoms with E-state index in [4.69, 9.17) is 21.1 Å². The Morgan fingerprint density at radius 1 is 1.22 bits per heavy atom. The molecule has 0 radical (unpaired) electrons. The van der Waals surface area contributed by atoms with Gasteiger partial charge in [0.1, 0.15) is 16.7 Å². The van der Waals surface area contributed by atoms with Crippen molar-refractivity contribution in [2.24, 2.45) is 0 Å². The molecule has 2 aliphatic heterocycles. The molecule has 0 spiro atoms. The molecular formula is C18H22ClF3N2O3. The lowest BCUT2D eigenvalue weighted by atomic mass is 10.0. The highest BCUT2D eigenvalue weighted by molar-refractivity contribution is 6.31. The van der Waals surface area contributed by atoms with Gasteiger partial charge in [-0.3, -0.25) is 0 Å². The number of alkyl halides is 3. The predicted molar refractivity (Wildman–Crippen MR) is 92.8 cm³/mol. The van der Waals surface area contributed by atoms with Gasteiger partial charge in [-0.25, -0.2) is 9.78 Å². The van der Waals surface area contributed by atoms with Crippen LogP contribution in [0.25, 0.3) is 0 Å². The number of carbonyl (C=O) groups excluding carboxylic acids is 1. The zero-order valence-electron chi connectivity index (χ0n) is 15.3. The molecule has 2 fully saturated rings. The van der Waals surface area contributed by atoms with Crippen molar-refractivity contribution in [1.82, 2.24) is 9.88 Å². The Morgan fingerprint density at radius 3 is 2.30 bits per heavy atom. The van der Waals surface area contributed by atoms with Gasteiger partial charge in [-0.2, -0.15) is 13.2 Å². The molecule has 3 heterocycles. The molecule has 3 rings (SSSR count). The van der Waals surface area contributed by atoms with Gasteiger partial charge in [-0.15, -0.1) is 0 Å². The number of carbonyl (C=O) groups is 1. The second-order valence-electron chi connectivity index (χ2n) is 7.99. The summed E-state index contributed by atoms with van der Waals surface area (Å²) in [7, 11) is 0. The Hall–Kier alpha value is -1.70. The Kier molecular flexibility index (Phi) is 5.22. The van der Waals surface area contributed by atoms with E-state index in [-0.39, 0.29) is 35.2 Å². The number of piperidine rings is 1. The fourth-order valence-electron chi connectivity index (χ4n) is 3.66. The first-order valence-electron chi connectivity index (χ1n) is 8.85. The van der Waals surface area contributed by atoms with Crippen LogP contribution in [0.5, 0.6) is 5.88 Å². The van der Waals surface area contributed by atoms with E-state index in [9.17, 15) is 18.0 Å². The lowest BCUT2D eigenvalue weighted by Crippen LogP contribution is -2.50. The highest BCUT2D eigenvalue weighted by Gasteiger charge is 2.45. The van der Waals surface area contributed by atoms with Crippen LogP contribution in [0.15, 0.2) is 12.3 Å². The number of aromatic nitrogens is 1. The number of rotatable bonds is 2. The monoisotopic (exact) mass is 406 g/mol. The van der Waals surface area contributed by atoms with E-state index in [1.807, 2.05) is 20.8 Å². The summed E-state index contributed by atoms with van der Waals surface area (Å²) in [5.41, 5.74) is -1.48. The van der Waals surface area contributed by atoms with Crippen molar-refractivity contribution in [1.29, 1.82) is 0 Å². The molecule has 9 heteroatoms. The largest absolute Gasteiger partial charge is 0.473 e. The number of hydrogen-bond acceptors (Lipinski definition) is 4. The number of hydrogen-bond donors (Lipinski definition) is 0. The molecule has 150 valence electrons. The first kappa shape index (κ1) is 20.0. The maximum atomic E-state index is 12.7. The molecule has 0 saturated carbocycles. The van der Waals surface area contributed by atoms with Gasteiger partial charge in [0, 0.05) is 31.1 Å². The van der Waals surface area contributed by atoms with Gasteiger partial charge in [-0.1, -0.05) is 11.6 Å². The van der Waals surface area contributed by atoms with Gasteiger partial charge in [-0.05, 0) is 39.7 Å². The van der Waals surface area contributed by atoms with Gasteiger partial charge < -0.3 is 14.4 Å². The van der Waals surface area contributed by atoms with Crippen molar-refractivity contribution in [3.05, 3.63) is 22.8 Å². The lowest BCUT2D eigenvalue weighted by molar-refractivity contribution is -0.137. The lowest BCUT2D eigenvalue weighted by Gasteiger charge is -2.39. The van der Waals surface area contributed by atoms with E-state index >= 15 is 0 Å². The maximum absolute atomic E-state index is 12.7. The van der Waals surface area contributed by atoms with Gasteiger partial charge in [0.25, 0.3) is 0 Å². The van der Waals surface area contributed by atoms with Crippen LogP contribution in [0, 0.1) is 0 Å². The second kappa shape index (κ2) is 7.04. The van der Waals surface area contributed by atoms with Crippen LogP contribution in [0.1, 0.15) is 52.0 Å². The second-order valence-corrected chi connectivity index (χ2v) is 8.40. The predicted octanol–water partition coefficient (Wildman–Crippen LogP) is 5.06. The van der Waals surface area contributed by atoms with E-state index < -0.39 is 17.3 Å². The Labute approximate surface area is 160 Å². The zero-order chi connectivity index (χ0) is 20.0. The number of pyridine rings is 1. The van der Waals surface area contributed by atoms with Crippen molar-refractivity contribution in [3.8, 4) is 5.88 Å². The third-order valence-corrected chi connectivity index (χ3v) is 4.98. The van der Waals surface area contributed by atoms with Crippen LogP contribution in [0.3, 0.4) is 0 Å². The summed E-state index contributed by atoms with van der Waals surface area (Å²) in [6, 6.07) is 0.780. The Morgan fingerprint density at radius 2 is 1.81 bits per heavy atom. The van der Waals surface area contributed by atoms with Crippen LogP contribution in [-0.4, -0.2) is 39.8 Å². The third-order valence-electron chi connectivity index (χ3n) is 4.71. The minimum Gasteiger partial charge on any atom is -0.473 e. The zero-order valence-corrected chi connectivity index (χ0v) is 16.1. The van der Waals surface area contributed by atoms with Crippen molar-refractivity contribution in [2.75, 3.05) is 0 Å². The molecule has 3 atom stereocenters. The highest BCUT2D eigenvalue weighted by atomic mass is 35.5. The third kappa shape index (κ3) is 4.59. The Bertz CT molecular complexity index is 707. The number of amides is 1. The molecular weight excluding hydrogens is 385 g/mol. The topological polar surface area (TPSA) is 51.7 Å². The standard InChI is InChI=1S/C18H22ClF3N2O3/c1-17(2,3)27-16(25)24-11-4-5-12(24)8-13(7-11)26-15-14(19)6-10(9-23-15)18(20,21)22/h6,9,11-13H,4-5,7-8H2,1-3H3/t11-,12+,13+. The number of fused-ring (bicyclic) bond motifs is 2. The maximum Gasteiger partial charge on any atom is 0.417 e.